The molecule has 0 fully saturated rings. The summed E-state index contributed by atoms with van der Waals surface area (Å²) in [6.07, 6.45) is 5.37. The van der Waals surface area contributed by atoms with Crippen LogP contribution in [0.1, 0.15) is 16.7 Å². The molecule has 5 N–H and O–H groups in total. The van der Waals surface area contributed by atoms with Crippen LogP contribution in [0.2, 0.25) is 15.1 Å². The van der Waals surface area contributed by atoms with Gasteiger partial charge in [-0.25, -0.2) is 0 Å². The summed E-state index contributed by atoms with van der Waals surface area (Å²) in [4.78, 5) is 3.47. The normalized spacial score (nSPS) is 10.3. The number of nitrogens with one attached hydrogen (secondary N) is 1. The van der Waals surface area contributed by atoms with Gasteiger partial charge in [-0.1, -0.05) is 532 Å². The van der Waals surface area contributed by atoms with Crippen LogP contribution in [-0.2, 0) is 31.9 Å². The van der Waals surface area contributed by atoms with Gasteiger partial charge in [0.25, 0.3) is 0 Å². The van der Waals surface area contributed by atoms with Gasteiger partial charge in [0.2, 0.25) is 0 Å². The maximum atomic E-state index is 6.06. The Morgan fingerprint density at radius 2 is 0.469 bits per heavy atom. The summed E-state index contributed by atoms with van der Waals surface area (Å²) in [6, 6.07) is 191. The number of aromatic amines is 1. The number of fused-ring (bicyclic) bond motifs is 4. The maximum Gasteiger partial charge on any atom is -0.0134 e. The van der Waals surface area contributed by atoms with Crippen molar-refractivity contribution in [3.63, 3.8) is 0 Å². The van der Waals surface area contributed by atoms with Gasteiger partial charge in [-0.2, -0.15) is 0 Å². The molecule has 17 heteroatoms. The Kier molecular flexibility index (Phi) is 45.8. The summed E-state index contributed by atoms with van der Waals surface area (Å²) >= 11 is 19.6. The average molecular weight is 2360 g/mol. The van der Waals surface area contributed by atoms with Gasteiger partial charge < -0.3 is 16.5 Å². The third kappa shape index (κ3) is 33.5. The zero-order valence-electron chi connectivity index (χ0n) is 77.2. The van der Waals surface area contributed by atoms with E-state index < -0.39 is 31.7 Å². The van der Waals surface area contributed by atoms with Crippen molar-refractivity contribution >= 4 is 245 Å². The predicted molar refractivity (Wildman–Crippen MR) is 637 cm³/mol. The van der Waals surface area contributed by atoms with Crippen LogP contribution in [0.3, 0.4) is 0 Å². The van der Waals surface area contributed by atoms with Crippen LogP contribution in [0.15, 0.2) is 552 Å². The number of benzene rings is 21. The smallest absolute Gasteiger partial charge is 0.0134 e. The SMILES string of the molecule is C#Cc1cccc2ccccc12.Clc1ccc2[nH]c(-c3cccc4ccccc34)cc2c1.Nc1ccc(Cl)cc1C#Cc1cccc2ccccc12.Nc1ccc(Cl)cc1I.[Cl][Pd][Cl].[Cl][Pd][Cl].c1ccc(P(c2ccccc2)c2ccccc2)cc1.c1ccc(P(c2ccccc2)c2ccccc2)cc1.c1ccc(P(c2ccccc2)c2ccccc2)cc1.c1ccc(P(c2ccccc2)c2ccccc2)cc1. The first-order chi connectivity index (χ1) is 70.3. The number of terminal acetylenes is 1. The quantitative estimate of drug-likeness (QED) is 0.0354. The minimum atomic E-state index is -0.446. The molecular weight excluding hydrogens is 2270 g/mol. The number of H-pyrrole nitrogens is 1. The first kappa shape index (κ1) is 109. The number of anilines is 2. The van der Waals surface area contributed by atoms with Gasteiger partial charge >= 0.3 is 70.0 Å². The second kappa shape index (κ2) is 60.3. The van der Waals surface area contributed by atoms with Crippen molar-refractivity contribution in [2.24, 2.45) is 0 Å². The van der Waals surface area contributed by atoms with Crippen molar-refractivity contribution < 1.29 is 31.9 Å². The Labute approximate surface area is 906 Å². The number of nitrogens with two attached hydrogens (primary N) is 2. The maximum absolute atomic E-state index is 6.06. The van der Waals surface area contributed by atoms with Gasteiger partial charge in [0, 0.05) is 68.9 Å². The standard InChI is InChI=1S/2C18H12ClN.4C18H15P.C12H8.C6H5ClIN.4ClH.2Pd/c19-14-8-9-17-13(10-14)11-18(20-17)16-7-3-5-12-4-1-2-6-15(12)16;19-16-10-11-18(20)15(12-16)9-8-14-6-3-5-13-4-1-2-7-17(13)14;4*1-4-10-16(11-5-1)19(17-12-6-2-7-13-17)18-14-8-3-9-15-18;1-2-10-7-5-8-11-6-3-4-9-12(10)11;7-4-1-2-6(9)5(8)3-4;;;;;;/h1-11,20H;1-7,10-12H,20H2;4*1-15H;1,3-9H;1-3H,9H2;4*1H;;/q;;;;;;;;;;;;2*+2/p-4. The van der Waals surface area contributed by atoms with Crippen LogP contribution in [0.5, 0.6) is 0 Å². The monoisotopic (exact) mass is 2360 g/mol. The van der Waals surface area contributed by atoms with E-state index >= 15 is 0 Å². The Morgan fingerprint density at radius 3 is 0.776 bits per heavy atom. The Bertz CT molecular complexity index is 6810. The fourth-order valence-corrected chi connectivity index (χ4v) is 25.8. The third-order valence-electron chi connectivity index (χ3n) is 21.9. The summed E-state index contributed by atoms with van der Waals surface area (Å²) in [6.45, 7) is 0. The van der Waals surface area contributed by atoms with Gasteiger partial charge in [-0.05, 0) is 223 Å². The fourth-order valence-electron chi connectivity index (χ4n) is 15.4. The molecule has 21 aromatic carbocycles. The van der Waals surface area contributed by atoms with Crippen molar-refractivity contribution in [3.8, 4) is 35.4 Å². The number of hydrogen-bond donors (Lipinski definition) is 3. The summed E-state index contributed by atoms with van der Waals surface area (Å²) in [5, 5.41) is 27.2. The van der Waals surface area contributed by atoms with E-state index in [1.165, 1.54) is 90.8 Å². The molecule has 0 unspecified atom stereocenters. The van der Waals surface area contributed by atoms with E-state index in [9.17, 15) is 0 Å². The topological polar surface area (TPSA) is 67.8 Å². The van der Waals surface area contributed by atoms with Gasteiger partial charge in [0.05, 0.1) is 0 Å². The Morgan fingerprint density at radius 1 is 0.231 bits per heavy atom. The van der Waals surface area contributed by atoms with Crippen LogP contribution < -0.4 is 75.1 Å². The second-order valence-corrected chi connectivity index (χ2v) is 47.3. The largest absolute Gasteiger partial charge is 0.0622 e. The zero-order valence-corrected chi connectivity index (χ0v) is 91.4. The van der Waals surface area contributed by atoms with Crippen molar-refractivity contribution in [1.29, 1.82) is 0 Å². The van der Waals surface area contributed by atoms with Crippen LogP contribution in [0.25, 0.3) is 54.5 Å². The number of aromatic nitrogens is 1. The van der Waals surface area contributed by atoms with E-state index in [0.29, 0.717) is 10.7 Å². The molecule has 0 saturated carbocycles. The molecule has 3 nitrogen and oxygen atoms in total. The molecule has 0 atom stereocenters. The number of nitrogen functional groups attached to an aromatic ring is 2. The predicted octanol–water partition coefficient (Wildman–Crippen LogP) is 32.0. The summed E-state index contributed by atoms with van der Waals surface area (Å²) in [7, 11) is 17.5. The van der Waals surface area contributed by atoms with Crippen molar-refractivity contribution in [2.45, 2.75) is 0 Å². The molecule has 143 heavy (non-hydrogen) atoms. The Hall–Kier alpha value is -11.5. The Balaban J connectivity index is 0.000000137. The van der Waals surface area contributed by atoms with Crippen LogP contribution in [0.4, 0.5) is 11.4 Å². The molecule has 22 aromatic rings. The minimum Gasteiger partial charge on any atom is -0.0622 e. The molecule has 712 valence electrons. The van der Waals surface area contributed by atoms with Gasteiger partial charge in [-0.3, -0.25) is 0 Å². The van der Waals surface area contributed by atoms with E-state index in [4.69, 9.17) is 90.8 Å². The van der Waals surface area contributed by atoms with E-state index in [0.717, 1.165) is 63.4 Å². The van der Waals surface area contributed by atoms with Crippen LogP contribution in [0, 0.1) is 27.8 Å². The number of rotatable bonds is 13. The molecule has 0 aliphatic heterocycles. The minimum absolute atomic E-state index is 0.106. The first-order valence-electron chi connectivity index (χ1n) is 45.2. The molecule has 22 rings (SSSR count). The van der Waals surface area contributed by atoms with E-state index in [2.05, 4.69) is 488 Å². The van der Waals surface area contributed by atoms with Gasteiger partial charge in [0.15, 0.2) is 0 Å². The van der Waals surface area contributed by atoms with Crippen LogP contribution >= 0.6 is 127 Å². The van der Waals surface area contributed by atoms with Gasteiger partial charge in [0.1, 0.15) is 0 Å². The molecule has 0 amide bonds. The van der Waals surface area contributed by atoms with Crippen molar-refractivity contribution in [3.05, 3.63) is 587 Å². The molecule has 1 heterocycles. The van der Waals surface area contributed by atoms with Crippen molar-refractivity contribution in [2.75, 3.05) is 11.5 Å². The number of hydrogen-bond acceptors (Lipinski definition) is 2. The number of halogens is 8. The van der Waals surface area contributed by atoms with E-state index in [-0.39, 0.29) is 31.9 Å². The second-order valence-electron chi connectivity index (χ2n) is 31.2. The van der Waals surface area contributed by atoms with E-state index in [1.54, 1.807) is 30.3 Å². The van der Waals surface area contributed by atoms with Crippen molar-refractivity contribution in [1.82, 2.24) is 4.98 Å². The van der Waals surface area contributed by atoms with Crippen LogP contribution in [-0.4, -0.2) is 4.98 Å². The summed E-state index contributed by atoms with van der Waals surface area (Å²) < 4.78 is 1.00. The molecule has 0 spiro atoms. The third-order valence-corrected chi connectivity index (χ3v) is 33.3. The molecular formula is C126H97Cl7IN3P4Pd2. The zero-order chi connectivity index (χ0) is 99.8. The average Bonchev–Trinajstić information content (AvgIpc) is 1.64. The molecule has 0 saturated heterocycles. The van der Waals surface area contributed by atoms with E-state index in [1.807, 2.05) is 78.9 Å². The first-order valence-corrected chi connectivity index (χ1v) is 60.8. The van der Waals surface area contributed by atoms with Gasteiger partial charge in [-0.15, -0.1) is 6.42 Å². The fraction of sp³-hybridized carbons (Fsp3) is 0. The molecule has 0 radical (unpaired) electrons. The molecule has 1 aromatic heterocycles. The summed E-state index contributed by atoms with van der Waals surface area (Å²) in [5.41, 5.74) is 19.0. The molecule has 0 bridgehead atoms. The molecule has 0 aliphatic carbocycles. The molecule has 0 aliphatic rings. The summed E-state index contributed by atoms with van der Waals surface area (Å²) in [5.74, 6) is 8.96.